The van der Waals surface area contributed by atoms with E-state index in [9.17, 15) is 13.5 Å². The predicted molar refractivity (Wildman–Crippen MR) is 101 cm³/mol. The van der Waals surface area contributed by atoms with E-state index >= 15 is 0 Å². The molecule has 2 N–H and O–H groups in total. The van der Waals surface area contributed by atoms with E-state index in [1.165, 1.54) is 28.8 Å². The molecule has 0 spiro atoms. The van der Waals surface area contributed by atoms with Crippen molar-refractivity contribution < 1.29 is 13.5 Å². The monoisotopic (exact) mass is 426 g/mol. The molecule has 0 radical (unpaired) electrons. The molecule has 0 aliphatic carbocycles. The third kappa shape index (κ3) is 4.77. The Bertz CT molecular complexity index is 850. The molecule has 2 aromatic rings. The fourth-order valence-corrected chi connectivity index (χ4v) is 3.89. The van der Waals surface area contributed by atoms with Crippen LogP contribution >= 0.6 is 15.9 Å². The van der Waals surface area contributed by atoms with Gasteiger partial charge in [0, 0.05) is 29.3 Å². The van der Waals surface area contributed by atoms with E-state index in [1.807, 2.05) is 0 Å². The zero-order valence-corrected chi connectivity index (χ0v) is 16.2. The van der Waals surface area contributed by atoms with Gasteiger partial charge in [-0.15, -0.1) is 0 Å². The lowest BCUT2D eigenvalue weighted by molar-refractivity contribution is 0.445. The Morgan fingerprint density at radius 1 is 1.28 bits per heavy atom. The van der Waals surface area contributed by atoms with Gasteiger partial charge in [0.25, 0.3) is 0 Å². The van der Waals surface area contributed by atoms with Crippen molar-refractivity contribution in [2.75, 3.05) is 18.5 Å². The van der Waals surface area contributed by atoms with Crippen molar-refractivity contribution in [3.05, 3.63) is 46.6 Å². The second-order valence-electron chi connectivity index (χ2n) is 5.04. The normalized spacial score (nSPS) is 12.0. The summed E-state index contributed by atoms with van der Waals surface area (Å²) in [5.41, 5.74) is 3.23. The average molecular weight is 427 g/mol. The van der Waals surface area contributed by atoms with Gasteiger partial charge in [0.05, 0.1) is 6.21 Å². The van der Waals surface area contributed by atoms with Gasteiger partial charge >= 0.3 is 0 Å². The summed E-state index contributed by atoms with van der Waals surface area (Å²) >= 11 is 3.32. The van der Waals surface area contributed by atoms with E-state index < -0.39 is 10.0 Å². The van der Waals surface area contributed by atoms with Gasteiger partial charge in [-0.1, -0.05) is 29.8 Å². The quantitative estimate of drug-likeness (QED) is 0.523. The molecule has 0 aliphatic rings. The van der Waals surface area contributed by atoms with Crippen LogP contribution in [0.25, 0.3) is 0 Å². The third-order valence-corrected chi connectivity index (χ3v) is 5.98. The van der Waals surface area contributed by atoms with Crippen LogP contribution in [0.4, 0.5) is 5.82 Å². The number of phenolic OH excluding ortho intramolecular Hbond substituents is 1. The summed E-state index contributed by atoms with van der Waals surface area (Å²) in [4.78, 5) is 4.20. The Balaban J connectivity index is 2.10. The van der Waals surface area contributed by atoms with Gasteiger partial charge in [0.2, 0.25) is 10.0 Å². The molecule has 1 aromatic carbocycles. The summed E-state index contributed by atoms with van der Waals surface area (Å²) in [6.07, 6.45) is 2.74. The molecule has 0 atom stereocenters. The molecule has 0 aliphatic heterocycles. The Morgan fingerprint density at radius 2 is 2.00 bits per heavy atom. The summed E-state index contributed by atoms with van der Waals surface area (Å²) in [7, 11) is -3.53. The van der Waals surface area contributed by atoms with E-state index in [1.54, 1.807) is 32.0 Å². The minimum absolute atomic E-state index is 0.0994. The first-order valence-electron chi connectivity index (χ1n) is 7.62. The highest BCUT2D eigenvalue weighted by molar-refractivity contribution is 9.10. The van der Waals surface area contributed by atoms with Gasteiger partial charge < -0.3 is 5.11 Å². The van der Waals surface area contributed by atoms with Crippen LogP contribution in [0.2, 0.25) is 0 Å². The second-order valence-corrected chi connectivity index (χ2v) is 7.90. The summed E-state index contributed by atoms with van der Waals surface area (Å²) in [6, 6.07) is 8.00. The maximum absolute atomic E-state index is 12.4. The molecule has 134 valence electrons. The number of phenols is 1. The first kappa shape index (κ1) is 19.4. The average Bonchev–Trinajstić information content (AvgIpc) is 2.59. The first-order chi connectivity index (χ1) is 11.9. The molecule has 1 heterocycles. The van der Waals surface area contributed by atoms with Crippen LogP contribution in [0.3, 0.4) is 0 Å². The minimum atomic E-state index is -3.53. The van der Waals surface area contributed by atoms with Crippen molar-refractivity contribution in [1.82, 2.24) is 9.29 Å². The summed E-state index contributed by atoms with van der Waals surface area (Å²) in [5.74, 6) is 0.492. The third-order valence-electron chi connectivity index (χ3n) is 3.45. The fraction of sp³-hybridized carbons (Fsp3) is 0.250. The first-order valence-corrected chi connectivity index (χ1v) is 9.85. The van der Waals surface area contributed by atoms with Crippen molar-refractivity contribution in [1.29, 1.82) is 0 Å². The number of anilines is 1. The van der Waals surface area contributed by atoms with Crippen LogP contribution < -0.4 is 5.43 Å². The number of hydrogen-bond donors (Lipinski definition) is 2. The Hall–Kier alpha value is -1.97. The van der Waals surface area contributed by atoms with Gasteiger partial charge in [-0.2, -0.15) is 9.41 Å². The number of hydrazone groups is 1. The lowest BCUT2D eigenvalue weighted by Gasteiger charge is -2.18. The largest absolute Gasteiger partial charge is 0.507 e. The maximum Gasteiger partial charge on any atom is 0.244 e. The summed E-state index contributed by atoms with van der Waals surface area (Å²) in [5, 5.41) is 13.7. The Morgan fingerprint density at radius 3 is 2.60 bits per heavy atom. The number of rotatable bonds is 7. The lowest BCUT2D eigenvalue weighted by atomic mass is 10.2. The maximum atomic E-state index is 12.4. The van der Waals surface area contributed by atoms with E-state index in [4.69, 9.17) is 0 Å². The molecule has 25 heavy (non-hydrogen) atoms. The highest BCUT2D eigenvalue weighted by Gasteiger charge is 2.21. The van der Waals surface area contributed by atoms with Gasteiger partial charge in [-0.3, -0.25) is 5.43 Å². The van der Waals surface area contributed by atoms with Crippen LogP contribution in [0.15, 0.2) is 51.0 Å². The molecular weight excluding hydrogens is 408 g/mol. The van der Waals surface area contributed by atoms with Crippen molar-refractivity contribution in [2.45, 2.75) is 18.7 Å². The number of aromatic hydroxyl groups is 1. The number of pyridine rings is 1. The summed E-state index contributed by atoms with van der Waals surface area (Å²) in [6.45, 7) is 4.38. The van der Waals surface area contributed by atoms with Crippen molar-refractivity contribution in [2.24, 2.45) is 5.10 Å². The molecule has 0 bridgehead atoms. The Kier molecular flexibility index (Phi) is 6.51. The molecule has 0 saturated heterocycles. The summed E-state index contributed by atoms with van der Waals surface area (Å²) < 4.78 is 26.9. The highest BCUT2D eigenvalue weighted by atomic mass is 79.9. The van der Waals surface area contributed by atoms with Crippen molar-refractivity contribution in [3.8, 4) is 5.75 Å². The van der Waals surface area contributed by atoms with E-state index in [0.717, 1.165) is 4.47 Å². The second kappa shape index (κ2) is 8.41. The minimum Gasteiger partial charge on any atom is -0.507 e. The number of benzene rings is 1. The van der Waals surface area contributed by atoms with Crippen molar-refractivity contribution in [3.63, 3.8) is 0 Å². The number of nitrogens with zero attached hydrogens (tertiary/aromatic N) is 3. The number of halogens is 1. The van der Waals surface area contributed by atoms with E-state index in [2.05, 4.69) is 31.4 Å². The van der Waals surface area contributed by atoms with Crippen LogP contribution in [0, 0.1) is 0 Å². The molecule has 1 aromatic heterocycles. The molecule has 7 nitrogen and oxygen atoms in total. The molecular formula is C16H19BrN4O3S. The topological polar surface area (TPSA) is 94.9 Å². The zero-order chi connectivity index (χ0) is 18.4. The van der Waals surface area contributed by atoms with Crippen LogP contribution in [0.5, 0.6) is 5.75 Å². The number of sulfonamides is 1. The molecule has 9 heteroatoms. The van der Waals surface area contributed by atoms with Crippen LogP contribution in [-0.4, -0.2) is 42.1 Å². The molecule has 0 fully saturated rings. The van der Waals surface area contributed by atoms with Gasteiger partial charge in [-0.05, 0) is 30.3 Å². The predicted octanol–water partition coefficient (Wildman–Crippen LogP) is 3.03. The number of hydrogen-bond acceptors (Lipinski definition) is 6. The number of aromatic nitrogens is 1. The molecule has 2 rings (SSSR count). The standard InChI is InChI=1S/C16H19BrN4O3S/c1-3-21(4-2)25(23,24)14-6-8-16(18-11-14)20-19-10-12-9-13(17)5-7-15(12)22/h5-11,22H,3-4H2,1-2H3,(H,18,20)/b19-10+. The molecule has 0 amide bonds. The Labute approximate surface area is 155 Å². The van der Waals surface area contributed by atoms with Crippen LogP contribution in [0.1, 0.15) is 19.4 Å². The highest BCUT2D eigenvalue weighted by Crippen LogP contribution is 2.20. The number of nitrogens with one attached hydrogen (secondary N) is 1. The molecule has 0 unspecified atom stereocenters. The van der Waals surface area contributed by atoms with Gasteiger partial charge in [0.15, 0.2) is 0 Å². The van der Waals surface area contributed by atoms with Crippen LogP contribution in [-0.2, 0) is 10.0 Å². The van der Waals surface area contributed by atoms with E-state index in [0.29, 0.717) is 24.5 Å². The van der Waals surface area contributed by atoms with Crippen molar-refractivity contribution >= 4 is 38.0 Å². The smallest absolute Gasteiger partial charge is 0.244 e. The lowest BCUT2D eigenvalue weighted by Crippen LogP contribution is -2.30. The van der Waals surface area contributed by atoms with Gasteiger partial charge in [-0.25, -0.2) is 13.4 Å². The fourth-order valence-electron chi connectivity index (χ4n) is 2.11. The molecule has 0 saturated carbocycles. The van der Waals surface area contributed by atoms with Gasteiger partial charge in [0.1, 0.15) is 16.5 Å². The van der Waals surface area contributed by atoms with E-state index in [-0.39, 0.29) is 10.6 Å². The zero-order valence-electron chi connectivity index (χ0n) is 13.8. The SMILES string of the molecule is CCN(CC)S(=O)(=O)c1ccc(N/N=C/c2cc(Br)ccc2O)nc1.